The van der Waals surface area contributed by atoms with Gasteiger partial charge < -0.3 is 0 Å². The van der Waals surface area contributed by atoms with Gasteiger partial charge in [0.15, 0.2) is 0 Å². The lowest BCUT2D eigenvalue weighted by Gasteiger charge is -2.41. The van der Waals surface area contributed by atoms with Crippen LogP contribution >= 0.6 is 15.9 Å². The summed E-state index contributed by atoms with van der Waals surface area (Å²) in [5, 5.41) is 4.35. The van der Waals surface area contributed by atoms with Gasteiger partial charge in [-0.25, -0.2) is 0 Å². The second-order valence-electron chi connectivity index (χ2n) is 6.20. The Bertz CT molecular complexity index is 487. The number of hydrogen-bond donors (Lipinski definition) is 0. The number of halogens is 1. The molecule has 2 rings (SSSR count). The van der Waals surface area contributed by atoms with Crippen LogP contribution in [0, 0.1) is 0 Å². The smallest absolute Gasteiger partial charge is 0.202 e. The van der Waals surface area contributed by atoms with Crippen molar-refractivity contribution in [2.75, 3.05) is 14.1 Å². The van der Waals surface area contributed by atoms with Gasteiger partial charge in [-0.15, -0.1) is 0 Å². The maximum atomic E-state index is 13.2. The molecule has 0 aromatic carbocycles. The standard InChI is InChI=1S/C15H24BrN3O/c1-11(2)19-13(12(16)10-17-19)14(20)15(18(3)4)8-6-5-7-9-15/h10-11H,5-9H2,1-4H3. The first kappa shape index (κ1) is 15.7. The first-order valence-electron chi connectivity index (χ1n) is 7.35. The third-order valence-corrected chi connectivity index (χ3v) is 4.99. The summed E-state index contributed by atoms with van der Waals surface area (Å²) in [5.74, 6) is 0.209. The van der Waals surface area contributed by atoms with Gasteiger partial charge in [0.05, 0.1) is 16.2 Å². The molecule has 0 radical (unpaired) electrons. The van der Waals surface area contributed by atoms with Gasteiger partial charge in [0.25, 0.3) is 0 Å². The molecule has 0 unspecified atom stereocenters. The molecule has 4 nitrogen and oxygen atoms in total. The Kier molecular flexibility index (Phi) is 4.69. The first-order chi connectivity index (χ1) is 9.40. The summed E-state index contributed by atoms with van der Waals surface area (Å²) in [6.07, 6.45) is 7.09. The molecule has 1 heterocycles. The summed E-state index contributed by atoms with van der Waals surface area (Å²) in [5.41, 5.74) is 0.351. The van der Waals surface area contributed by atoms with Crippen LogP contribution in [0.15, 0.2) is 10.7 Å². The van der Waals surface area contributed by atoms with Crippen molar-refractivity contribution >= 4 is 21.7 Å². The lowest BCUT2D eigenvalue weighted by molar-refractivity contribution is 0.0549. The molecule has 5 heteroatoms. The number of aromatic nitrogens is 2. The number of nitrogens with zero attached hydrogens (tertiary/aromatic N) is 3. The largest absolute Gasteiger partial charge is 0.297 e. The summed E-state index contributed by atoms with van der Waals surface area (Å²) in [6, 6.07) is 0.183. The Hall–Kier alpha value is -0.680. The van der Waals surface area contributed by atoms with E-state index in [4.69, 9.17) is 0 Å². The second kappa shape index (κ2) is 5.98. The Morgan fingerprint density at radius 3 is 2.45 bits per heavy atom. The predicted molar refractivity (Wildman–Crippen MR) is 84.1 cm³/mol. The lowest BCUT2D eigenvalue weighted by Crippen LogP contribution is -2.53. The topological polar surface area (TPSA) is 38.1 Å². The van der Waals surface area contributed by atoms with Gasteiger partial charge >= 0.3 is 0 Å². The third-order valence-electron chi connectivity index (χ3n) is 4.41. The van der Waals surface area contributed by atoms with Gasteiger partial charge in [0.1, 0.15) is 5.69 Å². The van der Waals surface area contributed by atoms with Gasteiger partial charge in [-0.1, -0.05) is 19.3 Å². The number of rotatable bonds is 4. The highest BCUT2D eigenvalue weighted by Gasteiger charge is 2.44. The second-order valence-corrected chi connectivity index (χ2v) is 7.05. The molecule has 0 saturated heterocycles. The average molecular weight is 342 g/mol. The van der Waals surface area contributed by atoms with E-state index < -0.39 is 0 Å². The summed E-state index contributed by atoms with van der Waals surface area (Å²) in [6.45, 7) is 4.11. The first-order valence-corrected chi connectivity index (χ1v) is 8.14. The van der Waals surface area contributed by atoms with Gasteiger partial charge in [0.2, 0.25) is 5.78 Å². The monoisotopic (exact) mass is 341 g/mol. The van der Waals surface area contributed by atoms with E-state index in [1.165, 1.54) is 6.42 Å². The molecule has 20 heavy (non-hydrogen) atoms. The van der Waals surface area contributed by atoms with Crippen LogP contribution in [0.3, 0.4) is 0 Å². The number of likely N-dealkylation sites (N-methyl/N-ethyl adjacent to an activating group) is 1. The number of carbonyl (C=O) groups excluding carboxylic acids is 1. The fourth-order valence-electron chi connectivity index (χ4n) is 3.18. The zero-order chi connectivity index (χ0) is 14.9. The van der Waals surface area contributed by atoms with E-state index in [0.29, 0.717) is 0 Å². The van der Waals surface area contributed by atoms with Crippen LogP contribution in [0.25, 0.3) is 0 Å². The Labute approximate surface area is 129 Å². The third kappa shape index (κ3) is 2.58. The number of Topliss-reactive ketones (excluding diaryl/α,β-unsaturated/α-hetero) is 1. The quantitative estimate of drug-likeness (QED) is 0.784. The molecular weight excluding hydrogens is 318 g/mol. The zero-order valence-electron chi connectivity index (χ0n) is 12.8. The highest BCUT2D eigenvalue weighted by Crippen LogP contribution is 2.37. The average Bonchev–Trinajstić information content (AvgIpc) is 2.80. The minimum Gasteiger partial charge on any atom is -0.297 e. The zero-order valence-corrected chi connectivity index (χ0v) is 14.4. The molecule has 0 amide bonds. The molecule has 1 aromatic rings. The van der Waals surface area contributed by atoms with E-state index >= 15 is 0 Å². The summed E-state index contributed by atoms with van der Waals surface area (Å²) >= 11 is 3.50. The van der Waals surface area contributed by atoms with Crippen LogP contribution < -0.4 is 0 Å². The van der Waals surface area contributed by atoms with E-state index in [1.54, 1.807) is 6.20 Å². The van der Waals surface area contributed by atoms with Crippen molar-refractivity contribution in [2.24, 2.45) is 0 Å². The minimum absolute atomic E-state index is 0.183. The maximum Gasteiger partial charge on any atom is 0.202 e. The molecule has 112 valence electrons. The van der Waals surface area contributed by atoms with Gasteiger partial charge in [-0.05, 0) is 56.7 Å². The molecule has 1 fully saturated rings. The van der Waals surface area contributed by atoms with Crippen LogP contribution in [-0.4, -0.2) is 40.1 Å². The van der Waals surface area contributed by atoms with Crippen molar-refractivity contribution in [3.63, 3.8) is 0 Å². The summed E-state index contributed by atoms with van der Waals surface area (Å²) < 4.78 is 2.65. The van der Waals surface area contributed by atoms with Crippen molar-refractivity contribution < 1.29 is 4.79 Å². The molecular formula is C15H24BrN3O. The molecule has 0 spiro atoms. The summed E-state index contributed by atoms with van der Waals surface area (Å²) in [4.78, 5) is 15.3. The van der Waals surface area contributed by atoms with Crippen molar-refractivity contribution in [2.45, 2.75) is 57.5 Å². The minimum atomic E-state index is -0.368. The molecule has 0 aliphatic heterocycles. The molecule has 1 saturated carbocycles. The van der Waals surface area contributed by atoms with E-state index in [-0.39, 0.29) is 17.4 Å². The highest BCUT2D eigenvalue weighted by molar-refractivity contribution is 9.10. The van der Waals surface area contributed by atoms with Crippen LogP contribution in [-0.2, 0) is 0 Å². The lowest BCUT2D eigenvalue weighted by atomic mass is 9.76. The Balaban J connectivity index is 2.45. The van der Waals surface area contributed by atoms with Crippen LogP contribution in [0.1, 0.15) is 62.5 Å². The fourth-order valence-corrected chi connectivity index (χ4v) is 3.63. The van der Waals surface area contributed by atoms with Crippen LogP contribution in [0.5, 0.6) is 0 Å². The Morgan fingerprint density at radius 2 is 1.95 bits per heavy atom. The number of ketones is 1. The van der Waals surface area contributed by atoms with Gasteiger partial charge in [0, 0.05) is 6.04 Å². The molecule has 0 bridgehead atoms. The van der Waals surface area contributed by atoms with Crippen molar-refractivity contribution in [1.29, 1.82) is 0 Å². The van der Waals surface area contributed by atoms with E-state index in [9.17, 15) is 4.79 Å². The SMILES string of the molecule is CC(C)n1ncc(Br)c1C(=O)C1(N(C)C)CCCCC1. The van der Waals surface area contributed by atoms with Gasteiger partial charge in [-0.2, -0.15) is 5.10 Å². The van der Waals surface area contributed by atoms with E-state index in [2.05, 4.69) is 39.8 Å². The van der Waals surface area contributed by atoms with Crippen LogP contribution in [0.2, 0.25) is 0 Å². The molecule has 0 N–H and O–H groups in total. The predicted octanol–water partition coefficient (Wildman–Crippen LogP) is 3.67. The number of carbonyl (C=O) groups is 1. The highest BCUT2D eigenvalue weighted by atomic mass is 79.9. The fraction of sp³-hybridized carbons (Fsp3) is 0.733. The van der Waals surface area contributed by atoms with Crippen molar-refractivity contribution in [3.05, 3.63) is 16.4 Å². The summed E-state index contributed by atoms with van der Waals surface area (Å²) in [7, 11) is 4.04. The molecule has 0 atom stereocenters. The van der Waals surface area contributed by atoms with Crippen molar-refractivity contribution in [1.82, 2.24) is 14.7 Å². The normalized spacial score (nSPS) is 18.8. The van der Waals surface area contributed by atoms with Crippen LogP contribution in [0.4, 0.5) is 0 Å². The van der Waals surface area contributed by atoms with Gasteiger partial charge in [-0.3, -0.25) is 14.4 Å². The number of hydrogen-bond acceptors (Lipinski definition) is 3. The Morgan fingerprint density at radius 1 is 1.35 bits per heavy atom. The molecule has 1 aliphatic rings. The van der Waals surface area contributed by atoms with E-state index in [1.807, 2.05) is 18.8 Å². The molecule has 1 aliphatic carbocycles. The maximum absolute atomic E-state index is 13.2. The van der Waals surface area contributed by atoms with E-state index in [0.717, 1.165) is 35.8 Å². The molecule has 1 aromatic heterocycles. The van der Waals surface area contributed by atoms with Crippen molar-refractivity contribution in [3.8, 4) is 0 Å².